The van der Waals surface area contributed by atoms with Gasteiger partial charge in [0.2, 0.25) is 5.88 Å². The Morgan fingerprint density at radius 1 is 1.26 bits per heavy atom. The first kappa shape index (κ1) is 26.6. The van der Waals surface area contributed by atoms with E-state index in [-0.39, 0.29) is 24.7 Å². The Morgan fingerprint density at radius 3 is 2.49 bits per heavy atom. The molecule has 1 aliphatic heterocycles. The summed E-state index contributed by atoms with van der Waals surface area (Å²) >= 11 is 0. The molecule has 0 bridgehead atoms. The molecule has 0 N–H and O–H groups in total. The number of amides is 1. The molecule has 35 heavy (non-hydrogen) atoms. The lowest BCUT2D eigenvalue weighted by Gasteiger charge is -2.34. The number of allylic oxidation sites excluding steroid dienone is 4. The number of halogens is 3. The summed E-state index contributed by atoms with van der Waals surface area (Å²) in [5.74, 6) is -4.15. The minimum atomic E-state index is -3.15. The van der Waals surface area contributed by atoms with Crippen LogP contribution in [0.25, 0.3) is 5.57 Å². The topological polar surface area (TPSA) is 78.0 Å². The van der Waals surface area contributed by atoms with E-state index in [0.29, 0.717) is 35.1 Å². The van der Waals surface area contributed by atoms with Gasteiger partial charge in [-0.25, -0.2) is 27.7 Å². The van der Waals surface area contributed by atoms with Gasteiger partial charge in [-0.15, -0.1) is 0 Å². The van der Waals surface area contributed by atoms with E-state index in [1.165, 1.54) is 12.1 Å². The highest BCUT2D eigenvalue weighted by atomic mass is 19.3. The van der Waals surface area contributed by atoms with Gasteiger partial charge in [0.05, 0.1) is 19.7 Å². The molecule has 2 heterocycles. The lowest BCUT2D eigenvalue weighted by Crippen LogP contribution is -2.47. The first-order chi connectivity index (χ1) is 16.2. The number of rotatable bonds is 7. The second-order valence-electron chi connectivity index (χ2n) is 9.82. The number of nitrogens with zero attached hydrogens (tertiary/aromatic N) is 2. The molecule has 192 valence electrons. The molecule has 0 saturated heterocycles. The number of aromatic nitrogens is 1. The molecule has 0 spiro atoms. The normalized spacial score (nSPS) is 17.6. The van der Waals surface area contributed by atoms with E-state index in [4.69, 9.17) is 14.2 Å². The third-order valence-corrected chi connectivity index (χ3v) is 5.36. The Morgan fingerprint density at radius 2 is 1.94 bits per heavy atom. The van der Waals surface area contributed by atoms with E-state index in [0.717, 1.165) is 11.8 Å². The minimum Gasteiger partial charge on any atom is -0.472 e. The van der Waals surface area contributed by atoms with Gasteiger partial charge in [0.25, 0.3) is 5.92 Å². The van der Waals surface area contributed by atoms with Gasteiger partial charge in [0.1, 0.15) is 17.5 Å². The quantitative estimate of drug-likeness (QED) is 0.465. The minimum absolute atomic E-state index is 0.0506. The van der Waals surface area contributed by atoms with E-state index in [9.17, 15) is 22.8 Å². The monoisotopic (exact) mass is 496 g/mol. The SMILES string of the molecule is CCOC(=O)c1cc(C2=C(C)C=C2F)c2c(n1)OC(CN(CC(C)(F)F)C(=O)OC(C)(C)C)CC2. The van der Waals surface area contributed by atoms with E-state index < -0.39 is 42.1 Å². The Labute approximate surface area is 202 Å². The van der Waals surface area contributed by atoms with Gasteiger partial charge >= 0.3 is 12.1 Å². The van der Waals surface area contributed by atoms with Crippen molar-refractivity contribution in [2.75, 3.05) is 19.7 Å². The van der Waals surface area contributed by atoms with Gasteiger partial charge in [0, 0.05) is 18.1 Å². The van der Waals surface area contributed by atoms with Crippen molar-refractivity contribution in [3.8, 4) is 5.88 Å². The largest absolute Gasteiger partial charge is 0.472 e. The van der Waals surface area contributed by atoms with Crippen LogP contribution in [0, 0.1) is 0 Å². The number of carbonyl (C=O) groups is 2. The number of pyridine rings is 1. The second-order valence-corrected chi connectivity index (χ2v) is 9.82. The lowest BCUT2D eigenvalue weighted by molar-refractivity contribution is -0.0382. The highest BCUT2D eigenvalue weighted by Gasteiger charge is 2.36. The van der Waals surface area contributed by atoms with Crippen LogP contribution in [0.4, 0.5) is 18.0 Å². The fourth-order valence-corrected chi connectivity index (χ4v) is 3.97. The van der Waals surface area contributed by atoms with Gasteiger partial charge in [0.15, 0.2) is 5.69 Å². The Hall–Kier alpha value is -3.04. The lowest BCUT2D eigenvalue weighted by atomic mass is 9.86. The van der Waals surface area contributed by atoms with E-state index >= 15 is 0 Å². The average Bonchev–Trinajstić information content (AvgIpc) is 2.70. The molecule has 0 saturated carbocycles. The van der Waals surface area contributed by atoms with Gasteiger partial charge < -0.3 is 14.2 Å². The van der Waals surface area contributed by atoms with Crippen molar-refractivity contribution in [1.29, 1.82) is 0 Å². The van der Waals surface area contributed by atoms with Crippen LogP contribution >= 0.6 is 0 Å². The molecule has 1 unspecified atom stereocenters. The third-order valence-electron chi connectivity index (χ3n) is 5.36. The molecular formula is C25H31F3N2O5. The van der Waals surface area contributed by atoms with Gasteiger partial charge in [-0.05, 0) is 70.7 Å². The van der Waals surface area contributed by atoms with Crippen LogP contribution in [0.2, 0.25) is 0 Å². The summed E-state index contributed by atoms with van der Waals surface area (Å²) in [5.41, 5.74) is 1.27. The van der Waals surface area contributed by atoms with Crippen molar-refractivity contribution in [1.82, 2.24) is 9.88 Å². The third kappa shape index (κ3) is 6.55. The summed E-state index contributed by atoms with van der Waals surface area (Å²) in [4.78, 5) is 30.2. The fraction of sp³-hybridized carbons (Fsp3) is 0.560. The van der Waals surface area contributed by atoms with E-state index in [1.54, 1.807) is 34.6 Å². The van der Waals surface area contributed by atoms with Crippen molar-refractivity contribution in [2.45, 2.75) is 72.0 Å². The maximum Gasteiger partial charge on any atom is 0.410 e. The van der Waals surface area contributed by atoms with Crippen molar-refractivity contribution in [3.63, 3.8) is 0 Å². The van der Waals surface area contributed by atoms with Gasteiger partial charge in [-0.2, -0.15) is 0 Å². The van der Waals surface area contributed by atoms with Gasteiger partial charge in [-0.3, -0.25) is 4.90 Å². The Balaban J connectivity index is 1.90. The van der Waals surface area contributed by atoms with Crippen LogP contribution in [-0.2, 0) is 15.9 Å². The highest BCUT2D eigenvalue weighted by Crippen LogP contribution is 2.42. The zero-order valence-electron chi connectivity index (χ0n) is 20.8. The Bertz CT molecular complexity index is 1070. The number of esters is 1. The van der Waals surface area contributed by atoms with Gasteiger partial charge in [-0.1, -0.05) is 0 Å². The summed E-state index contributed by atoms with van der Waals surface area (Å²) in [6.07, 6.45) is 0.576. The summed E-state index contributed by atoms with van der Waals surface area (Å²) < 4.78 is 58.3. The molecular weight excluding hydrogens is 465 g/mol. The molecule has 1 aromatic rings. The standard InChI is InChI=1S/C25H31F3N2O5/c1-7-33-22(31)19-11-17(20-14(2)10-18(20)26)16-9-8-15(34-21(16)29-19)12-30(13-25(6,27)28)23(32)35-24(3,4)5/h10-11,15H,7-9,12-13H2,1-6H3. The van der Waals surface area contributed by atoms with Crippen LogP contribution < -0.4 is 4.74 Å². The predicted octanol–water partition coefficient (Wildman–Crippen LogP) is 5.48. The summed E-state index contributed by atoms with van der Waals surface area (Å²) in [6.45, 7) is 8.17. The molecule has 1 aromatic heterocycles. The molecule has 7 nitrogen and oxygen atoms in total. The first-order valence-corrected chi connectivity index (χ1v) is 11.5. The van der Waals surface area contributed by atoms with Crippen LogP contribution in [0.1, 0.15) is 69.6 Å². The highest BCUT2D eigenvalue weighted by molar-refractivity contribution is 5.93. The molecule has 0 fully saturated rings. The summed E-state index contributed by atoms with van der Waals surface area (Å²) in [7, 11) is 0. The Kier molecular flexibility index (Phi) is 7.52. The van der Waals surface area contributed by atoms with Crippen molar-refractivity contribution >= 4 is 17.6 Å². The number of alkyl halides is 2. The van der Waals surface area contributed by atoms with Crippen LogP contribution in [0.3, 0.4) is 0 Å². The maximum atomic E-state index is 14.3. The van der Waals surface area contributed by atoms with Crippen LogP contribution in [0.5, 0.6) is 5.88 Å². The first-order valence-electron chi connectivity index (χ1n) is 11.5. The summed E-state index contributed by atoms with van der Waals surface area (Å²) in [5, 5.41) is 0. The van der Waals surface area contributed by atoms with Crippen molar-refractivity contribution in [2.24, 2.45) is 0 Å². The second kappa shape index (κ2) is 9.91. The number of hydrogen-bond acceptors (Lipinski definition) is 6. The zero-order valence-corrected chi connectivity index (χ0v) is 20.8. The zero-order chi connectivity index (χ0) is 26.1. The molecule has 10 heteroatoms. The molecule has 0 radical (unpaired) electrons. The summed E-state index contributed by atoms with van der Waals surface area (Å²) in [6, 6.07) is 1.48. The number of carbonyl (C=O) groups excluding carboxylic acids is 2. The average molecular weight is 497 g/mol. The molecule has 2 aliphatic rings. The van der Waals surface area contributed by atoms with Crippen LogP contribution in [0.15, 0.2) is 23.5 Å². The number of ether oxygens (including phenoxy) is 3. The molecule has 3 rings (SSSR count). The number of hydrogen-bond donors (Lipinski definition) is 0. The fourth-order valence-electron chi connectivity index (χ4n) is 3.97. The molecule has 1 amide bonds. The maximum absolute atomic E-state index is 14.3. The molecule has 1 atom stereocenters. The van der Waals surface area contributed by atoms with E-state index in [1.807, 2.05) is 0 Å². The smallest absolute Gasteiger partial charge is 0.410 e. The van der Waals surface area contributed by atoms with E-state index in [2.05, 4.69) is 4.98 Å². The predicted molar refractivity (Wildman–Crippen MR) is 123 cm³/mol. The molecule has 1 aliphatic carbocycles. The number of fused-ring (bicyclic) bond motifs is 1. The van der Waals surface area contributed by atoms with Crippen molar-refractivity contribution < 1.29 is 37.0 Å². The van der Waals surface area contributed by atoms with Crippen LogP contribution in [-0.4, -0.2) is 59.3 Å². The van der Waals surface area contributed by atoms with Crippen molar-refractivity contribution in [3.05, 3.63) is 40.4 Å². The molecule has 0 aromatic carbocycles.